The average Bonchev–Trinajstić information content (AvgIpc) is 3.82. The van der Waals surface area contributed by atoms with E-state index in [-0.39, 0.29) is 17.3 Å². The van der Waals surface area contributed by atoms with E-state index in [2.05, 4.69) is 45.6 Å². The summed E-state index contributed by atoms with van der Waals surface area (Å²) in [6.45, 7) is 15.1. The van der Waals surface area contributed by atoms with Gasteiger partial charge in [0.15, 0.2) is 0 Å². The summed E-state index contributed by atoms with van der Waals surface area (Å²) in [7, 11) is -6.02. The number of rotatable bonds is 20. The van der Waals surface area contributed by atoms with Gasteiger partial charge in [-0.25, -0.2) is 0 Å². The Bertz CT molecular complexity index is 2240. The van der Waals surface area contributed by atoms with Crippen LogP contribution in [0.3, 0.4) is 0 Å². The van der Waals surface area contributed by atoms with Gasteiger partial charge in [0.2, 0.25) is 0 Å². The summed E-state index contributed by atoms with van der Waals surface area (Å²) in [5, 5.41) is 51.2. The first kappa shape index (κ1) is 64.6. The maximum atomic E-state index is 13.0. The second kappa shape index (κ2) is 27.5. The third kappa shape index (κ3) is 17.9. The third-order valence-electron chi connectivity index (χ3n) is 19.0. The molecule has 0 heterocycles. The molecule has 0 aromatic heterocycles. The number of unbranched alkanes of at least 4 members (excludes halogenated alkanes) is 6. The van der Waals surface area contributed by atoms with E-state index in [1.807, 2.05) is 26.0 Å². The van der Waals surface area contributed by atoms with Crippen LogP contribution in [0.1, 0.15) is 206 Å². The summed E-state index contributed by atoms with van der Waals surface area (Å²) in [4.78, 5) is 0. The van der Waals surface area contributed by atoms with Crippen molar-refractivity contribution >= 4 is 21.2 Å². The highest BCUT2D eigenvalue weighted by atomic mass is 32.3. The summed E-state index contributed by atoms with van der Waals surface area (Å²) < 4.78 is 106. The Morgan fingerprint density at radius 1 is 0.829 bits per heavy atom. The molecule has 5 saturated carbocycles. The van der Waals surface area contributed by atoms with Crippen molar-refractivity contribution in [3.63, 3.8) is 0 Å². The molecule has 17 heteroatoms. The predicted molar refractivity (Wildman–Crippen MR) is 291 cm³/mol. The second-order valence-electron chi connectivity index (χ2n) is 25.0. The fourth-order valence-electron chi connectivity index (χ4n) is 15.0. The van der Waals surface area contributed by atoms with Crippen LogP contribution in [-0.2, 0) is 27.6 Å². The molecule has 5 fully saturated rings. The van der Waals surface area contributed by atoms with Crippen molar-refractivity contribution in [3.8, 4) is 5.75 Å². The number of phenols is 1. The molecule has 7 N–H and O–H groups in total. The highest BCUT2D eigenvalue weighted by Crippen LogP contribution is 2.63. The topological polar surface area (TPSA) is 193 Å². The number of fused-ring (bicyclic) bond motifs is 6. The molecule has 436 valence electrons. The summed E-state index contributed by atoms with van der Waals surface area (Å²) in [6, 6.07) is 5.92. The monoisotopic (exact) mass is 1120 g/mol. The fourth-order valence-corrected chi connectivity index (χ4v) is 16.2. The summed E-state index contributed by atoms with van der Waals surface area (Å²) in [6.07, 6.45) is 19.8. The van der Waals surface area contributed by atoms with Gasteiger partial charge in [0, 0.05) is 35.1 Å². The van der Waals surface area contributed by atoms with Crippen LogP contribution in [0.5, 0.6) is 5.75 Å². The number of hydrogen-bond acceptors (Lipinski definition) is 8. The van der Waals surface area contributed by atoms with Crippen LogP contribution in [0.2, 0.25) is 0 Å². The van der Waals surface area contributed by atoms with E-state index in [1.165, 1.54) is 49.7 Å². The first-order chi connectivity index (χ1) is 35.3. The first-order valence-corrected chi connectivity index (χ1v) is 31.4. The SMILES string of the molecule is C=C1/C(=C\C=C2/CCC[C@]3(C)[C@@H]([C@H](C)CCCC(C)(C)O)CC[C@@H]23)C[C@@H](O)C[C@@H]1O.C[C@]12CC[C@@H]3c4ccc(O)cc4C[C@@H](CCCCCCCCCS(=O)CCCC(F)(F)C(F)(F)F)[C@H]3[C@@H]1CC[C@@H]2O.O=S(=O)(O)O. The highest BCUT2D eigenvalue weighted by molar-refractivity contribution is 7.84. The van der Waals surface area contributed by atoms with Crippen molar-refractivity contribution in [3.05, 3.63) is 64.8 Å². The Labute approximate surface area is 453 Å². The van der Waals surface area contributed by atoms with E-state index in [4.69, 9.17) is 17.5 Å². The average molecular weight is 1120 g/mol. The van der Waals surface area contributed by atoms with Crippen molar-refractivity contribution in [1.29, 1.82) is 0 Å². The van der Waals surface area contributed by atoms with Gasteiger partial charge < -0.3 is 25.5 Å². The van der Waals surface area contributed by atoms with Gasteiger partial charge in [-0.3, -0.25) is 13.3 Å². The molecule has 1 aromatic rings. The van der Waals surface area contributed by atoms with Crippen LogP contribution in [-0.4, -0.2) is 94.8 Å². The zero-order valence-corrected chi connectivity index (χ0v) is 47.7. The van der Waals surface area contributed by atoms with Crippen LogP contribution < -0.4 is 0 Å². The molecular weight excluding hydrogens is 1030 g/mol. The molecule has 13 atom stereocenters. The lowest BCUT2D eigenvalue weighted by atomic mass is 9.52. The van der Waals surface area contributed by atoms with E-state index in [9.17, 15) is 51.7 Å². The molecule has 76 heavy (non-hydrogen) atoms. The van der Waals surface area contributed by atoms with Gasteiger partial charge in [0.25, 0.3) is 0 Å². The van der Waals surface area contributed by atoms with E-state index in [1.54, 1.807) is 5.57 Å². The Morgan fingerprint density at radius 3 is 2.13 bits per heavy atom. The third-order valence-corrected chi connectivity index (χ3v) is 20.5. The molecule has 6 aliphatic carbocycles. The van der Waals surface area contributed by atoms with Crippen LogP contribution in [0.25, 0.3) is 0 Å². The number of allylic oxidation sites excluding steroid dienone is 3. The fraction of sp³-hybridized carbons (Fsp3) is 0.797. The number of halogens is 5. The number of hydrogen-bond donors (Lipinski definition) is 7. The first-order valence-electron chi connectivity index (χ1n) is 28.5. The molecule has 1 aromatic carbocycles. The second-order valence-corrected chi connectivity index (χ2v) is 27.6. The van der Waals surface area contributed by atoms with Gasteiger partial charge in [-0.15, -0.1) is 0 Å². The summed E-state index contributed by atoms with van der Waals surface area (Å²) in [5.41, 5.74) is 5.89. The predicted octanol–water partition coefficient (Wildman–Crippen LogP) is 13.7. The molecule has 10 nitrogen and oxygen atoms in total. The van der Waals surface area contributed by atoms with Crippen molar-refractivity contribution in [1.82, 2.24) is 0 Å². The number of aliphatic hydroxyl groups is 4. The molecular formula is C59H93F5O10S2. The van der Waals surface area contributed by atoms with Crippen molar-refractivity contribution in [2.75, 3.05) is 11.5 Å². The largest absolute Gasteiger partial charge is 0.508 e. The van der Waals surface area contributed by atoms with Gasteiger partial charge in [-0.2, -0.15) is 30.4 Å². The lowest BCUT2D eigenvalue weighted by molar-refractivity contribution is -0.284. The van der Waals surface area contributed by atoms with Crippen molar-refractivity contribution in [2.24, 2.45) is 46.3 Å². The molecule has 1 unspecified atom stereocenters. The van der Waals surface area contributed by atoms with Crippen molar-refractivity contribution in [2.45, 2.75) is 237 Å². The van der Waals surface area contributed by atoms with Crippen LogP contribution >= 0.6 is 0 Å². The van der Waals surface area contributed by atoms with Gasteiger partial charge >= 0.3 is 22.5 Å². The van der Waals surface area contributed by atoms with Gasteiger partial charge in [-0.1, -0.05) is 103 Å². The molecule has 6 aliphatic rings. The van der Waals surface area contributed by atoms with Crippen LogP contribution in [0, 0.1) is 46.3 Å². The molecule has 0 saturated heterocycles. The minimum atomic E-state index is -5.54. The normalized spacial score (nSPS) is 32.5. The standard InChI is InChI=1S/C32H47F5O3S.C27H44O3.H2O4S/c1-30-17-15-26-25-12-11-24(38)21-23(25)20-22(29(26)27(30)13-14-28(30)39)10-7-5-3-2-4-6-8-18-41(40)19-9-16-31(33,34)32(35,36)37;1-18(8-6-14-26(3,4)30)23-12-13-24-20(9-7-15-27(23,24)5)10-11-21-16-22(28)17-25(29)19(21)2;1-5(2,3)4/h11-12,21-22,26-29,38-39H,2-10,13-20H2,1H3;10-11,18,22-25,28-30H,2,6-9,12-17H2,1,3-5H3;(H2,1,2,3,4)/b;20-10+,21-11-;/t22-,26-,27+,28+,29-,30+,41?;18-,22-,23-,24+,25+,27-;/m11./s1. The zero-order chi connectivity index (χ0) is 56.4. The van der Waals surface area contributed by atoms with Crippen molar-refractivity contribution < 1.29 is 69.2 Å². The van der Waals surface area contributed by atoms with E-state index in [0.717, 1.165) is 107 Å². The Morgan fingerprint density at radius 2 is 1.47 bits per heavy atom. The number of phenolic OH excluding ortho intramolecular Hbond substituents is 1. The molecule has 0 radical (unpaired) electrons. The molecule has 7 rings (SSSR count). The minimum Gasteiger partial charge on any atom is -0.508 e. The van der Waals surface area contributed by atoms with Gasteiger partial charge in [-0.05, 0) is 197 Å². The Balaban J connectivity index is 0.000000268. The van der Waals surface area contributed by atoms with E-state index in [0.29, 0.717) is 71.7 Å². The summed E-state index contributed by atoms with van der Waals surface area (Å²) >= 11 is 0. The number of aliphatic hydroxyl groups excluding tert-OH is 3. The Kier molecular flexibility index (Phi) is 23.3. The Hall–Kier alpha value is -2.25. The number of aromatic hydroxyl groups is 1. The smallest absolute Gasteiger partial charge is 0.453 e. The zero-order valence-electron chi connectivity index (χ0n) is 46.0. The molecule has 0 amide bonds. The molecule has 0 spiro atoms. The summed E-state index contributed by atoms with van der Waals surface area (Å²) in [5.74, 6) is 0.191. The molecule has 0 aliphatic heterocycles. The van der Waals surface area contributed by atoms with Crippen LogP contribution in [0.4, 0.5) is 22.0 Å². The lowest BCUT2D eigenvalue weighted by Crippen LogP contribution is -2.47. The lowest BCUT2D eigenvalue weighted by Gasteiger charge is -2.53. The maximum absolute atomic E-state index is 13.0. The maximum Gasteiger partial charge on any atom is 0.453 e. The van der Waals surface area contributed by atoms with E-state index >= 15 is 0 Å². The number of benzene rings is 1. The highest BCUT2D eigenvalue weighted by Gasteiger charge is 2.58. The minimum absolute atomic E-state index is 0.0195. The van der Waals surface area contributed by atoms with Gasteiger partial charge in [0.1, 0.15) is 5.75 Å². The van der Waals surface area contributed by atoms with Crippen LogP contribution in [0.15, 0.2) is 53.6 Å². The van der Waals surface area contributed by atoms with Gasteiger partial charge in [0.05, 0.1) is 23.9 Å². The van der Waals surface area contributed by atoms with E-state index < -0.39 is 63.9 Å². The number of alkyl halides is 5. The quantitative estimate of drug-likeness (QED) is 0.0375. The molecule has 0 bridgehead atoms.